The number of benzene rings is 1. The second kappa shape index (κ2) is 7.96. The van der Waals surface area contributed by atoms with E-state index >= 15 is 0 Å². The third-order valence-corrected chi connectivity index (χ3v) is 3.66. The molecule has 1 heterocycles. The number of rotatable bonds is 8. The fraction of sp³-hybridized carbons (Fsp3) is 0.471. The van der Waals surface area contributed by atoms with Crippen molar-refractivity contribution in [3.8, 4) is 5.75 Å². The van der Waals surface area contributed by atoms with Gasteiger partial charge in [0.1, 0.15) is 5.75 Å². The molecule has 0 unspecified atom stereocenters. The molecule has 0 atom stereocenters. The van der Waals surface area contributed by atoms with Crippen LogP contribution in [0.4, 0.5) is 0 Å². The summed E-state index contributed by atoms with van der Waals surface area (Å²) in [7, 11) is 3.37. The Kier molecular flexibility index (Phi) is 5.98. The van der Waals surface area contributed by atoms with Crippen LogP contribution in [0.3, 0.4) is 0 Å². The van der Waals surface area contributed by atoms with Crippen LogP contribution in [0.25, 0.3) is 0 Å². The quantitative estimate of drug-likeness (QED) is 0.814. The molecular weight excluding hydrogens is 278 g/mol. The largest absolute Gasteiger partial charge is 0.496 e. The molecule has 0 bridgehead atoms. The number of ether oxygens (including phenoxy) is 2. The van der Waals surface area contributed by atoms with Gasteiger partial charge in [0.05, 0.1) is 19.4 Å². The predicted molar refractivity (Wildman–Crippen MR) is 86.9 cm³/mol. The monoisotopic (exact) mass is 303 g/mol. The third-order valence-electron chi connectivity index (χ3n) is 3.66. The van der Waals surface area contributed by atoms with E-state index in [1.165, 1.54) is 11.1 Å². The van der Waals surface area contributed by atoms with Gasteiger partial charge in [0.25, 0.3) is 0 Å². The second-order valence-electron chi connectivity index (χ2n) is 5.28. The Balaban J connectivity index is 1.96. The van der Waals surface area contributed by atoms with Crippen LogP contribution in [0.15, 0.2) is 24.4 Å². The van der Waals surface area contributed by atoms with Gasteiger partial charge >= 0.3 is 0 Å². The van der Waals surface area contributed by atoms with Crippen LogP contribution in [0.2, 0.25) is 0 Å². The van der Waals surface area contributed by atoms with Gasteiger partial charge in [0, 0.05) is 44.1 Å². The zero-order valence-corrected chi connectivity index (χ0v) is 13.8. The molecule has 2 aromatic rings. The van der Waals surface area contributed by atoms with Crippen molar-refractivity contribution in [1.29, 1.82) is 0 Å². The van der Waals surface area contributed by atoms with Gasteiger partial charge in [0.15, 0.2) is 0 Å². The van der Waals surface area contributed by atoms with Crippen LogP contribution < -0.4 is 10.1 Å². The Bertz CT molecular complexity index is 608. The van der Waals surface area contributed by atoms with Crippen molar-refractivity contribution in [3.63, 3.8) is 0 Å². The Morgan fingerprint density at radius 3 is 2.64 bits per heavy atom. The molecule has 0 aliphatic carbocycles. The number of hydrogen-bond donors (Lipinski definition) is 1. The molecule has 0 aliphatic heterocycles. The van der Waals surface area contributed by atoms with Crippen molar-refractivity contribution in [3.05, 3.63) is 46.8 Å². The summed E-state index contributed by atoms with van der Waals surface area (Å²) >= 11 is 0. The minimum Gasteiger partial charge on any atom is -0.496 e. The van der Waals surface area contributed by atoms with Crippen molar-refractivity contribution in [2.45, 2.75) is 40.1 Å². The molecule has 0 amide bonds. The van der Waals surface area contributed by atoms with Gasteiger partial charge in [-0.3, -0.25) is 4.68 Å². The summed E-state index contributed by atoms with van der Waals surface area (Å²) in [4.78, 5) is 0. The molecule has 1 aromatic heterocycles. The topological polar surface area (TPSA) is 48.3 Å². The van der Waals surface area contributed by atoms with E-state index in [1.807, 2.05) is 17.7 Å². The molecule has 5 heteroatoms. The van der Waals surface area contributed by atoms with E-state index in [0.29, 0.717) is 6.61 Å². The summed E-state index contributed by atoms with van der Waals surface area (Å²) in [5.41, 5.74) is 4.62. The van der Waals surface area contributed by atoms with Gasteiger partial charge < -0.3 is 14.8 Å². The second-order valence-corrected chi connectivity index (χ2v) is 5.28. The van der Waals surface area contributed by atoms with Gasteiger partial charge in [-0.1, -0.05) is 6.07 Å². The van der Waals surface area contributed by atoms with Crippen LogP contribution in [0.5, 0.6) is 5.75 Å². The van der Waals surface area contributed by atoms with Crippen LogP contribution >= 0.6 is 0 Å². The average Bonchev–Trinajstić information content (AvgIpc) is 2.88. The zero-order chi connectivity index (χ0) is 15.9. The molecular formula is C17H25N3O2. The molecule has 120 valence electrons. The molecule has 0 saturated heterocycles. The summed E-state index contributed by atoms with van der Waals surface area (Å²) < 4.78 is 12.5. The van der Waals surface area contributed by atoms with Crippen LogP contribution in [0, 0.1) is 6.92 Å². The Morgan fingerprint density at radius 1 is 1.18 bits per heavy atom. The third kappa shape index (κ3) is 4.08. The highest BCUT2D eigenvalue weighted by Crippen LogP contribution is 2.20. The fourth-order valence-corrected chi connectivity index (χ4v) is 2.45. The molecule has 5 nitrogen and oxygen atoms in total. The highest BCUT2D eigenvalue weighted by atomic mass is 16.5. The Morgan fingerprint density at radius 2 is 2.00 bits per heavy atom. The van der Waals surface area contributed by atoms with E-state index in [-0.39, 0.29) is 0 Å². The minimum atomic E-state index is 0.555. The van der Waals surface area contributed by atoms with Gasteiger partial charge in [-0.25, -0.2) is 0 Å². The average molecular weight is 303 g/mol. The number of nitrogens with one attached hydrogen (secondary N) is 1. The van der Waals surface area contributed by atoms with Crippen molar-refractivity contribution in [2.24, 2.45) is 0 Å². The first-order valence-corrected chi connectivity index (χ1v) is 7.56. The van der Waals surface area contributed by atoms with Gasteiger partial charge in [-0.2, -0.15) is 5.10 Å². The van der Waals surface area contributed by atoms with Crippen LogP contribution in [-0.4, -0.2) is 24.0 Å². The summed E-state index contributed by atoms with van der Waals surface area (Å²) in [5, 5.41) is 7.93. The normalized spacial score (nSPS) is 10.9. The summed E-state index contributed by atoms with van der Waals surface area (Å²) in [5.74, 6) is 0.866. The molecule has 0 radical (unpaired) electrons. The zero-order valence-electron chi connectivity index (χ0n) is 13.8. The first-order valence-electron chi connectivity index (χ1n) is 7.56. The first kappa shape index (κ1) is 16.5. The standard InChI is InChI=1S/C17H25N3O2/c1-5-20-11-16(13(2)19-20)10-18-9-14-6-7-17(22-4)15(8-14)12-21-3/h6-8,11,18H,5,9-10,12H2,1-4H3. The maximum Gasteiger partial charge on any atom is 0.124 e. The number of methoxy groups -OCH3 is 2. The molecule has 0 spiro atoms. The molecule has 0 fully saturated rings. The SMILES string of the molecule is CCn1cc(CNCc2ccc(OC)c(COC)c2)c(C)n1. The molecule has 2 rings (SSSR count). The number of nitrogens with zero attached hydrogens (tertiary/aromatic N) is 2. The van der Waals surface area contributed by atoms with Crippen LogP contribution in [-0.2, 0) is 31.0 Å². The smallest absolute Gasteiger partial charge is 0.124 e. The molecule has 1 N–H and O–H groups in total. The van der Waals surface area contributed by atoms with Crippen LogP contribution in [0.1, 0.15) is 29.3 Å². The highest BCUT2D eigenvalue weighted by Gasteiger charge is 2.06. The van der Waals surface area contributed by atoms with Gasteiger partial charge in [0.2, 0.25) is 0 Å². The summed E-state index contributed by atoms with van der Waals surface area (Å²) in [6.07, 6.45) is 2.10. The lowest BCUT2D eigenvalue weighted by Gasteiger charge is -2.11. The van der Waals surface area contributed by atoms with Gasteiger partial charge in [-0.15, -0.1) is 0 Å². The maximum atomic E-state index is 5.35. The molecule has 0 saturated carbocycles. The van der Waals surface area contributed by atoms with Crippen molar-refractivity contribution in [1.82, 2.24) is 15.1 Å². The lowest BCUT2D eigenvalue weighted by molar-refractivity contribution is 0.181. The van der Waals surface area contributed by atoms with E-state index in [2.05, 4.69) is 35.7 Å². The van der Waals surface area contributed by atoms with Crippen molar-refractivity contribution >= 4 is 0 Å². The lowest BCUT2D eigenvalue weighted by Crippen LogP contribution is -2.13. The van der Waals surface area contributed by atoms with Crippen molar-refractivity contribution < 1.29 is 9.47 Å². The molecule has 1 aromatic carbocycles. The molecule has 0 aliphatic rings. The Labute approximate surface area is 132 Å². The molecule has 22 heavy (non-hydrogen) atoms. The first-order chi connectivity index (χ1) is 10.7. The Hall–Kier alpha value is -1.85. The van der Waals surface area contributed by atoms with Gasteiger partial charge in [-0.05, 0) is 31.5 Å². The van der Waals surface area contributed by atoms with E-state index in [4.69, 9.17) is 9.47 Å². The van der Waals surface area contributed by atoms with E-state index in [9.17, 15) is 0 Å². The highest BCUT2D eigenvalue weighted by molar-refractivity contribution is 5.37. The maximum absolute atomic E-state index is 5.35. The predicted octanol–water partition coefficient (Wildman–Crippen LogP) is 2.66. The van der Waals surface area contributed by atoms with E-state index in [1.54, 1.807) is 14.2 Å². The van der Waals surface area contributed by atoms with E-state index in [0.717, 1.165) is 36.6 Å². The number of aromatic nitrogens is 2. The minimum absolute atomic E-state index is 0.555. The number of hydrogen-bond acceptors (Lipinski definition) is 4. The number of aryl methyl sites for hydroxylation is 2. The van der Waals surface area contributed by atoms with E-state index < -0.39 is 0 Å². The van der Waals surface area contributed by atoms with Crippen molar-refractivity contribution in [2.75, 3.05) is 14.2 Å². The summed E-state index contributed by atoms with van der Waals surface area (Å²) in [6.45, 7) is 7.22. The summed E-state index contributed by atoms with van der Waals surface area (Å²) in [6, 6.07) is 6.19. The fourth-order valence-electron chi connectivity index (χ4n) is 2.45. The lowest BCUT2D eigenvalue weighted by atomic mass is 10.1.